The van der Waals surface area contributed by atoms with Crippen molar-refractivity contribution in [2.75, 3.05) is 0 Å². The number of nitrogens with zero attached hydrogens (tertiary/aromatic N) is 2. The zero-order valence-electron chi connectivity index (χ0n) is 11.6. The Labute approximate surface area is 124 Å². The van der Waals surface area contributed by atoms with Crippen LogP contribution in [0.25, 0.3) is 0 Å². The van der Waals surface area contributed by atoms with E-state index in [0.29, 0.717) is 24.2 Å². The molecule has 0 aliphatic rings. The summed E-state index contributed by atoms with van der Waals surface area (Å²) >= 11 is 0. The van der Waals surface area contributed by atoms with Crippen LogP contribution >= 0.6 is 0 Å². The van der Waals surface area contributed by atoms with Crippen LogP contribution in [0.4, 0.5) is 0 Å². The average Bonchev–Trinajstić information content (AvgIpc) is 2.55. The molecule has 21 heavy (non-hydrogen) atoms. The Morgan fingerprint density at radius 1 is 0.667 bits per heavy atom. The van der Waals surface area contributed by atoms with Crippen LogP contribution in [-0.2, 0) is 13.1 Å². The molecule has 0 amide bonds. The van der Waals surface area contributed by atoms with E-state index in [2.05, 4.69) is 0 Å². The fourth-order valence-electron chi connectivity index (χ4n) is 1.43. The van der Waals surface area contributed by atoms with Crippen LogP contribution in [0.1, 0.15) is 22.3 Å². The summed E-state index contributed by atoms with van der Waals surface area (Å²) in [6, 6.07) is 18.6. The fraction of sp³-hybridized carbons (Fsp3) is 0.125. The highest BCUT2D eigenvalue weighted by Crippen LogP contribution is 2.01. The maximum atomic E-state index is 8.42. The maximum Gasteiger partial charge on any atom is 0.0991 e. The largest absolute Gasteiger partial charge is 0.412 e. The first-order valence-electron chi connectivity index (χ1n) is 6.11. The lowest BCUT2D eigenvalue weighted by Crippen LogP contribution is -1.94. The molecule has 0 aliphatic carbocycles. The third-order valence-electron chi connectivity index (χ3n) is 2.64. The van der Waals surface area contributed by atoms with Crippen molar-refractivity contribution in [2.45, 2.75) is 13.1 Å². The van der Waals surface area contributed by atoms with Gasteiger partial charge in [0.1, 0.15) is 0 Å². The molecule has 0 saturated carbocycles. The van der Waals surface area contributed by atoms with E-state index in [4.69, 9.17) is 22.0 Å². The molecule has 2 rings (SSSR count). The summed E-state index contributed by atoms with van der Waals surface area (Å²) in [5.74, 6) is 0. The lowest BCUT2D eigenvalue weighted by Gasteiger charge is -1.93. The smallest absolute Gasteiger partial charge is 0.0991 e. The molecule has 0 heterocycles. The van der Waals surface area contributed by atoms with Crippen molar-refractivity contribution in [2.24, 2.45) is 11.5 Å². The monoisotopic (exact) mass is 282 g/mol. The Morgan fingerprint density at radius 2 is 0.952 bits per heavy atom. The second-order valence-electron chi connectivity index (χ2n) is 4.03. The molecule has 0 aliphatic heterocycles. The molecule has 0 spiro atoms. The minimum Gasteiger partial charge on any atom is -0.412 e. The van der Waals surface area contributed by atoms with Gasteiger partial charge in [-0.15, -0.1) is 0 Å². The summed E-state index contributed by atoms with van der Waals surface area (Å²) in [5.41, 5.74) is 14.2. The third-order valence-corrected chi connectivity index (χ3v) is 2.64. The molecule has 0 radical (unpaired) electrons. The van der Waals surface area contributed by atoms with Crippen LogP contribution < -0.4 is 11.5 Å². The van der Waals surface area contributed by atoms with Crippen molar-refractivity contribution in [3.05, 3.63) is 70.8 Å². The summed E-state index contributed by atoms with van der Waals surface area (Å²) < 4.78 is 0. The van der Waals surface area contributed by atoms with E-state index in [1.54, 1.807) is 24.3 Å². The molecule has 2 aromatic rings. The molecule has 0 unspecified atom stereocenters. The third kappa shape index (κ3) is 6.33. The van der Waals surface area contributed by atoms with Crippen LogP contribution in [0.3, 0.4) is 0 Å². The van der Waals surface area contributed by atoms with Gasteiger partial charge in [0.25, 0.3) is 0 Å². The number of hydrogen-bond donors (Lipinski definition) is 2. The summed E-state index contributed by atoms with van der Waals surface area (Å²) in [6.45, 7) is 1.07. The van der Waals surface area contributed by atoms with Crippen molar-refractivity contribution in [3.63, 3.8) is 0 Å². The van der Waals surface area contributed by atoms with Gasteiger partial charge in [0.2, 0.25) is 0 Å². The zero-order chi connectivity index (χ0) is 14.8. The van der Waals surface area contributed by atoms with Gasteiger partial charge in [0.05, 0.1) is 23.3 Å². The molecule has 2 aromatic carbocycles. The van der Waals surface area contributed by atoms with Gasteiger partial charge in [-0.05, 0) is 35.4 Å². The van der Waals surface area contributed by atoms with E-state index in [9.17, 15) is 0 Å². The maximum absolute atomic E-state index is 8.42. The van der Waals surface area contributed by atoms with Crippen molar-refractivity contribution >= 4 is 0 Å². The van der Waals surface area contributed by atoms with E-state index < -0.39 is 0 Å². The summed E-state index contributed by atoms with van der Waals surface area (Å²) in [6.07, 6.45) is 0. The van der Waals surface area contributed by atoms with Gasteiger partial charge in [-0.3, -0.25) is 0 Å². The highest BCUT2D eigenvalue weighted by Gasteiger charge is 1.89. The molecule has 0 aromatic heterocycles. The molecular weight excluding hydrogens is 264 g/mol. The van der Waals surface area contributed by atoms with Gasteiger partial charge in [0, 0.05) is 13.1 Å². The summed E-state index contributed by atoms with van der Waals surface area (Å²) in [4.78, 5) is 0. The Hall–Kier alpha value is -2.70. The minimum absolute atomic E-state index is 0. The molecule has 5 heteroatoms. The van der Waals surface area contributed by atoms with Crippen molar-refractivity contribution < 1.29 is 5.48 Å². The molecule has 0 saturated heterocycles. The van der Waals surface area contributed by atoms with Crippen LogP contribution in [-0.4, -0.2) is 5.48 Å². The molecule has 6 N–H and O–H groups in total. The number of nitriles is 2. The van der Waals surface area contributed by atoms with Gasteiger partial charge >= 0.3 is 0 Å². The van der Waals surface area contributed by atoms with E-state index in [1.165, 1.54) is 0 Å². The van der Waals surface area contributed by atoms with Crippen LogP contribution in [0.5, 0.6) is 0 Å². The van der Waals surface area contributed by atoms with Crippen molar-refractivity contribution in [1.29, 1.82) is 10.5 Å². The quantitative estimate of drug-likeness (QED) is 0.856. The Morgan fingerprint density at radius 3 is 1.14 bits per heavy atom. The molecule has 0 fully saturated rings. The summed E-state index contributed by atoms with van der Waals surface area (Å²) in [5, 5.41) is 16.8. The predicted octanol–water partition coefficient (Wildman–Crippen LogP) is 1.21. The molecular formula is C16H18N4O. The predicted molar refractivity (Wildman–Crippen MR) is 81.7 cm³/mol. The van der Waals surface area contributed by atoms with Gasteiger partial charge in [-0.25, -0.2) is 0 Å². The Bertz CT molecular complexity index is 549. The lowest BCUT2D eigenvalue weighted by molar-refractivity contribution is 0.824. The Kier molecular flexibility index (Phi) is 8.83. The average molecular weight is 282 g/mol. The second kappa shape index (κ2) is 10.1. The normalized spacial score (nSPS) is 8.38. The first-order valence-corrected chi connectivity index (χ1v) is 6.11. The van der Waals surface area contributed by atoms with Gasteiger partial charge in [-0.2, -0.15) is 10.5 Å². The van der Waals surface area contributed by atoms with E-state index >= 15 is 0 Å². The number of hydrogen-bond acceptors (Lipinski definition) is 4. The van der Waals surface area contributed by atoms with E-state index in [-0.39, 0.29) is 5.48 Å². The van der Waals surface area contributed by atoms with Crippen molar-refractivity contribution in [3.8, 4) is 12.1 Å². The van der Waals surface area contributed by atoms with Crippen LogP contribution in [0.2, 0.25) is 0 Å². The van der Waals surface area contributed by atoms with Crippen LogP contribution in [0, 0.1) is 22.7 Å². The van der Waals surface area contributed by atoms with Crippen LogP contribution in [0.15, 0.2) is 48.5 Å². The lowest BCUT2D eigenvalue weighted by atomic mass is 10.1. The van der Waals surface area contributed by atoms with Crippen molar-refractivity contribution in [1.82, 2.24) is 0 Å². The molecule has 108 valence electrons. The molecule has 0 atom stereocenters. The topological polar surface area (TPSA) is 131 Å². The SMILES string of the molecule is N#Cc1ccc(CN)cc1.N#Cc1ccc(CN)cc1.O. The Balaban J connectivity index is 0.000000364. The zero-order valence-corrected chi connectivity index (χ0v) is 11.6. The molecule has 5 nitrogen and oxygen atoms in total. The number of rotatable bonds is 2. The van der Waals surface area contributed by atoms with Gasteiger partial charge in [-0.1, -0.05) is 24.3 Å². The first kappa shape index (κ1) is 18.3. The van der Waals surface area contributed by atoms with Gasteiger partial charge in [0.15, 0.2) is 0 Å². The van der Waals surface area contributed by atoms with E-state index in [1.807, 2.05) is 36.4 Å². The highest BCUT2D eigenvalue weighted by atomic mass is 16.0. The second-order valence-corrected chi connectivity index (χ2v) is 4.03. The minimum atomic E-state index is 0. The molecule has 0 bridgehead atoms. The van der Waals surface area contributed by atoms with Gasteiger partial charge < -0.3 is 16.9 Å². The number of benzene rings is 2. The number of nitrogens with two attached hydrogens (primary N) is 2. The summed E-state index contributed by atoms with van der Waals surface area (Å²) in [7, 11) is 0. The standard InChI is InChI=1S/2C8H8N2.H2O/c2*9-5-7-1-2-8(6-10)4-3-7;/h2*1-4H,5,9H2;1H2. The fourth-order valence-corrected chi connectivity index (χ4v) is 1.43. The highest BCUT2D eigenvalue weighted by molar-refractivity contribution is 5.32. The van der Waals surface area contributed by atoms with E-state index in [0.717, 1.165) is 11.1 Å². The first-order chi connectivity index (χ1) is 9.73.